The summed E-state index contributed by atoms with van der Waals surface area (Å²) in [6.07, 6.45) is -0.527. The topological polar surface area (TPSA) is 84.5 Å². The molecule has 26 heavy (non-hydrogen) atoms. The molecule has 1 aliphatic rings. The normalized spacial score (nSPS) is 14.4. The van der Waals surface area contributed by atoms with Crippen LogP contribution in [-0.4, -0.2) is 29.6 Å². The number of ether oxygens (including phenoxy) is 1. The molecule has 1 heterocycles. The van der Waals surface area contributed by atoms with Crippen LogP contribution >= 0.6 is 11.8 Å². The van der Waals surface area contributed by atoms with Crippen molar-refractivity contribution in [3.8, 4) is 0 Å². The van der Waals surface area contributed by atoms with Gasteiger partial charge in [0.2, 0.25) is 5.91 Å². The Kier molecular flexibility index (Phi) is 5.58. The lowest BCUT2D eigenvalue weighted by atomic mass is 10.2. The number of esters is 1. The number of rotatable bonds is 4. The van der Waals surface area contributed by atoms with E-state index in [1.165, 1.54) is 6.92 Å². The number of amides is 2. The van der Waals surface area contributed by atoms with Crippen molar-refractivity contribution in [1.82, 2.24) is 0 Å². The van der Waals surface area contributed by atoms with Gasteiger partial charge in [-0.25, -0.2) is 4.79 Å². The molecule has 0 aromatic heterocycles. The Labute approximate surface area is 155 Å². The van der Waals surface area contributed by atoms with Gasteiger partial charge in [-0.2, -0.15) is 0 Å². The summed E-state index contributed by atoms with van der Waals surface area (Å²) in [4.78, 5) is 37.1. The third-order valence-electron chi connectivity index (χ3n) is 3.77. The van der Waals surface area contributed by atoms with Crippen molar-refractivity contribution in [2.45, 2.75) is 24.3 Å². The van der Waals surface area contributed by atoms with Gasteiger partial charge < -0.3 is 15.4 Å². The second-order valence-electron chi connectivity index (χ2n) is 5.76. The van der Waals surface area contributed by atoms with Gasteiger partial charge in [-0.15, -0.1) is 11.8 Å². The second-order valence-corrected chi connectivity index (χ2v) is 6.90. The van der Waals surface area contributed by atoms with Gasteiger partial charge in [-0.05, 0) is 37.3 Å². The van der Waals surface area contributed by atoms with E-state index in [9.17, 15) is 14.4 Å². The second kappa shape index (κ2) is 8.05. The van der Waals surface area contributed by atoms with Gasteiger partial charge in [0.15, 0.2) is 6.10 Å². The van der Waals surface area contributed by atoms with E-state index in [1.54, 1.807) is 54.2 Å². The van der Waals surface area contributed by atoms with Gasteiger partial charge in [-0.3, -0.25) is 9.59 Å². The molecule has 2 aromatic carbocycles. The highest BCUT2D eigenvalue weighted by molar-refractivity contribution is 7.99. The zero-order valence-corrected chi connectivity index (χ0v) is 15.0. The zero-order valence-electron chi connectivity index (χ0n) is 14.2. The van der Waals surface area contributed by atoms with E-state index in [2.05, 4.69) is 10.6 Å². The summed E-state index contributed by atoms with van der Waals surface area (Å²) < 4.78 is 5.25. The Morgan fingerprint density at radius 2 is 1.96 bits per heavy atom. The van der Waals surface area contributed by atoms with E-state index in [4.69, 9.17) is 4.74 Å². The quantitative estimate of drug-likeness (QED) is 0.807. The summed E-state index contributed by atoms with van der Waals surface area (Å²) in [5, 5.41) is 5.47. The third kappa shape index (κ3) is 4.43. The van der Waals surface area contributed by atoms with Crippen LogP contribution in [0.2, 0.25) is 0 Å². The largest absolute Gasteiger partial charge is 0.449 e. The van der Waals surface area contributed by atoms with Gasteiger partial charge in [0, 0.05) is 22.8 Å². The first-order valence-corrected chi connectivity index (χ1v) is 9.15. The number of benzene rings is 2. The minimum atomic E-state index is -0.953. The number of nitrogens with one attached hydrogen (secondary N) is 2. The summed E-state index contributed by atoms with van der Waals surface area (Å²) >= 11 is 1.55. The number of para-hydroxylation sites is 1. The Hall–Kier alpha value is -2.80. The lowest BCUT2D eigenvalue weighted by Crippen LogP contribution is -2.30. The number of thioether (sulfide) groups is 1. The molecule has 0 saturated heterocycles. The van der Waals surface area contributed by atoms with Crippen molar-refractivity contribution in [3.63, 3.8) is 0 Å². The average Bonchev–Trinajstić information content (AvgIpc) is 2.82. The molecular weight excluding hydrogens is 352 g/mol. The fourth-order valence-electron chi connectivity index (χ4n) is 2.39. The van der Waals surface area contributed by atoms with E-state index < -0.39 is 18.0 Å². The van der Waals surface area contributed by atoms with Crippen LogP contribution in [0.1, 0.15) is 23.7 Å². The maximum absolute atomic E-state index is 12.3. The Morgan fingerprint density at radius 3 is 2.73 bits per heavy atom. The predicted molar refractivity (Wildman–Crippen MR) is 100 cm³/mol. The van der Waals surface area contributed by atoms with Gasteiger partial charge in [0.1, 0.15) is 0 Å². The van der Waals surface area contributed by atoms with E-state index in [1.807, 2.05) is 6.07 Å². The summed E-state index contributed by atoms with van der Waals surface area (Å²) in [6, 6.07) is 13.9. The first-order valence-electron chi connectivity index (χ1n) is 8.16. The van der Waals surface area contributed by atoms with Crippen molar-refractivity contribution in [2.75, 3.05) is 16.4 Å². The van der Waals surface area contributed by atoms with E-state index in [-0.39, 0.29) is 11.5 Å². The molecule has 0 fully saturated rings. The van der Waals surface area contributed by atoms with Crippen molar-refractivity contribution < 1.29 is 19.1 Å². The molecule has 7 heteroatoms. The standard InChI is InChI=1S/C19H18N2O4S/c1-12(18(23)20-14-5-3-2-4-6-14)25-19(24)13-7-8-16-15(11-13)21-17(22)9-10-26-16/h2-8,11-12H,9-10H2,1H3,(H,20,23)(H,21,22)/t12-/m1/s1. The first kappa shape index (κ1) is 18.0. The van der Waals surface area contributed by atoms with Crippen LogP contribution in [0.4, 0.5) is 11.4 Å². The molecule has 2 aromatic rings. The molecule has 0 aliphatic carbocycles. The fourth-order valence-corrected chi connectivity index (χ4v) is 3.33. The lowest BCUT2D eigenvalue weighted by molar-refractivity contribution is -0.123. The Bertz CT molecular complexity index is 839. The molecule has 0 radical (unpaired) electrons. The molecule has 3 rings (SSSR count). The number of carbonyl (C=O) groups is 3. The van der Waals surface area contributed by atoms with Gasteiger partial charge in [-0.1, -0.05) is 18.2 Å². The van der Waals surface area contributed by atoms with Crippen molar-refractivity contribution in [2.24, 2.45) is 0 Å². The molecule has 2 amide bonds. The maximum atomic E-state index is 12.3. The van der Waals surface area contributed by atoms with E-state index in [0.717, 1.165) is 4.90 Å². The summed E-state index contributed by atoms with van der Waals surface area (Å²) in [6.45, 7) is 1.51. The number of hydrogen-bond acceptors (Lipinski definition) is 5. The van der Waals surface area contributed by atoms with E-state index in [0.29, 0.717) is 23.5 Å². The van der Waals surface area contributed by atoms with Gasteiger partial charge in [0.05, 0.1) is 11.3 Å². The molecule has 1 aliphatic heterocycles. The highest BCUT2D eigenvalue weighted by Crippen LogP contribution is 2.31. The molecule has 0 saturated carbocycles. The molecule has 2 N–H and O–H groups in total. The van der Waals surface area contributed by atoms with Crippen LogP contribution in [0.25, 0.3) is 0 Å². The summed E-state index contributed by atoms with van der Waals surface area (Å²) in [5.74, 6) is -0.424. The molecule has 0 spiro atoms. The van der Waals surface area contributed by atoms with Crippen LogP contribution in [-0.2, 0) is 14.3 Å². The lowest BCUT2D eigenvalue weighted by Gasteiger charge is -2.14. The van der Waals surface area contributed by atoms with Crippen molar-refractivity contribution in [3.05, 3.63) is 54.1 Å². The minimum Gasteiger partial charge on any atom is -0.449 e. The third-order valence-corrected chi connectivity index (χ3v) is 4.85. The molecule has 134 valence electrons. The molecule has 1 atom stereocenters. The van der Waals surface area contributed by atoms with E-state index >= 15 is 0 Å². The minimum absolute atomic E-state index is 0.0858. The predicted octanol–water partition coefficient (Wildman–Crippen LogP) is 3.30. The number of hydrogen-bond donors (Lipinski definition) is 2. The fraction of sp³-hybridized carbons (Fsp3) is 0.211. The zero-order chi connectivity index (χ0) is 18.5. The molecule has 6 nitrogen and oxygen atoms in total. The monoisotopic (exact) mass is 370 g/mol. The van der Waals surface area contributed by atoms with Crippen LogP contribution in [0, 0.1) is 0 Å². The summed E-state index contributed by atoms with van der Waals surface area (Å²) in [7, 11) is 0. The first-order chi connectivity index (χ1) is 12.5. The van der Waals surface area contributed by atoms with Crippen molar-refractivity contribution >= 4 is 40.9 Å². The maximum Gasteiger partial charge on any atom is 0.338 e. The van der Waals surface area contributed by atoms with Crippen LogP contribution in [0.15, 0.2) is 53.4 Å². The van der Waals surface area contributed by atoms with Crippen molar-refractivity contribution in [1.29, 1.82) is 0 Å². The molecule has 0 unspecified atom stereocenters. The smallest absolute Gasteiger partial charge is 0.338 e. The highest BCUT2D eigenvalue weighted by atomic mass is 32.2. The van der Waals surface area contributed by atoms with Crippen LogP contribution in [0.5, 0.6) is 0 Å². The van der Waals surface area contributed by atoms with Crippen LogP contribution < -0.4 is 10.6 Å². The SMILES string of the molecule is C[C@@H](OC(=O)c1ccc2c(c1)NC(=O)CCS2)C(=O)Nc1ccccc1. The highest BCUT2D eigenvalue weighted by Gasteiger charge is 2.21. The molecular formula is C19H18N2O4S. The Morgan fingerprint density at radius 1 is 1.19 bits per heavy atom. The number of anilines is 2. The summed E-state index contributed by atoms with van der Waals surface area (Å²) in [5.41, 5.74) is 1.50. The number of fused-ring (bicyclic) bond motifs is 1. The number of carbonyl (C=O) groups excluding carboxylic acids is 3. The Balaban J connectivity index is 1.66. The van der Waals surface area contributed by atoms with Gasteiger partial charge >= 0.3 is 5.97 Å². The van der Waals surface area contributed by atoms with Crippen LogP contribution in [0.3, 0.4) is 0 Å². The average molecular weight is 370 g/mol. The molecule has 0 bridgehead atoms. The van der Waals surface area contributed by atoms with Gasteiger partial charge in [0.25, 0.3) is 5.91 Å².